The number of benzene rings is 1. The van der Waals surface area contributed by atoms with E-state index in [2.05, 4.69) is 0 Å². The molecule has 6 heteroatoms. The molecule has 0 aromatic heterocycles. The van der Waals surface area contributed by atoms with E-state index in [4.69, 9.17) is 22.1 Å². The maximum Gasteiger partial charge on any atom is 0.234 e. The Morgan fingerprint density at radius 2 is 2.15 bits per heavy atom. The third-order valence-corrected chi connectivity index (χ3v) is 3.63. The summed E-state index contributed by atoms with van der Waals surface area (Å²) in [6.45, 7) is 1.71. The second-order valence-corrected chi connectivity index (χ2v) is 5.39. The molecule has 1 fully saturated rings. The smallest absolute Gasteiger partial charge is 0.234 e. The van der Waals surface area contributed by atoms with Crippen molar-refractivity contribution in [2.45, 2.75) is 25.0 Å². The molecule has 20 heavy (non-hydrogen) atoms. The van der Waals surface area contributed by atoms with Crippen molar-refractivity contribution >= 4 is 17.5 Å². The number of ether oxygens (including phenoxy) is 1. The standard InChI is InChI=1S/C14H19ClN2O3/c15-10-2-4-12(5-3-10)20-7-1-6-17-9-11(18)8-13(17)14(16)19/h2-5,11,13,18H,1,6-9H2,(H2,16,19)/t11-,13+/m0/s1. The summed E-state index contributed by atoms with van der Waals surface area (Å²) in [6.07, 6.45) is 0.719. The average molecular weight is 299 g/mol. The largest absolute Gasteiger partial charge is 0.494 e. The zero-order valence-electron chi connectivity index (χ0n) is 11.2. The lowest BCUT2D eigenvalue weighted by Gasteiger charge is -2.21. The summed E-state index contributed by atoms with van der Waals surface area (Å²) in [5.41, 5.74) is 5.32. The van der Waals surface area contributed by atoms with E-state index in [1.165, 1.54) is 0 Å². The molecule has 1 aromatic rings. The molecule has 2 rings (SSSR count). The Morgan fingerprint density at radius 3 is 2.80 bits per heavy atom. The van der Waals surface area contributed by atoms with E-state index in [-0.39, 0.29) is 11.9 Å². The highest BCUT2D eigenvalue weighted by Crippen LogP contribution is 2.18. The van der Waals surface area contributed by atoms with Gasteiger partial charge in [-0.15, -0.1) is 0 Å². The van der Waals surface area contributed by atoms with E-state index in [9.17, 15) is 9.90 Å². The number of hydrogen-bond donors (Lipinski definition) is 2. The number of β-amino-alcohol motifs (C(OH)–C–C–N with tert-alkyl or cyclic N) is 1. The number of nitrogens with zero attached hydrogens (tertiary/aromatic N) is 1. The van der Waals surface area contributed by atoms with Gasteiger partial charge in [0.25, 0.3) is 0 Å². The van der Waals surface area contributed by atoms with Gasteiger partial charge in [0.1, 0.15) is 5.75 Å². The Kier molecular flexibility index (Phi) is 5.23. The van der Waals surface area contributed by atoms with Gasteiger partial charge < -0.3 is 15.6 Å². The van der Waals surface area contributed by atoms with Crippen LogP contribution in [0.1, 0.15) is 12.8 Å². The Hall–Kier alpha value is -1.30. The van der Waals surface area contributed by atoms with Crippen molar-refractivity contribution in [3.63, 3.8) is 0 Å². The summed E-state index contributed by atoms with van der Waals surface area (Å²) in [6, 6.07) is 6.82. The van der Waals surface area contributed by atoms with Crippen LogP contribution < -0.4 is 10.5 Å². The predicted molar refractivity (Wildman–Crippen MR) is 76.7 cm³/mol. The summed E-state index contributed by atoms with van der Waals surface area (Å²) in [5, 5.41) is 10.3. The number of amides is 1. The van der Waals surface area contributed by atoms with E-state index in [1.807, 2.05) is 17.0 Å². The van der Waals surface area contributed by atoms with Gasteiger partial charge in [-0.2, -0.15) is 0 Å². The summed E-state index contributed by atoms with van der Waals surface area (Å²) in [5.74, 6) is 0.391. The van der Waals surface area contributed by atoms with Gasteiger partial charge in [0.15, 0.2) is 0 Å². The molecule has 110 valence electrons. The maximum absolute atomic E-state index is 11.3. The van der Waals surface area contributed by atoms with Gasteiger partial charge in [-0.25, -0.2) is 0 Å². The highest BCUT2D eigenvalue weighted by molar-refractivity contribution is 6.30. The number of halogens is 1. The van der Waals surface area contributed by atoms with Crippen molar-refractivity contribution in [3.05, 3.63) is 29.3 Å². The molecule has 0 radical (unpaired) electrons. The first-order chi connectivity index (χ1) is 9.56. The number of hydrogen-bond acceptors (Lipinski definition) is 4. The quantitative estimate of drug-likeness (QED) is 0.769. The van der Waals surface area contributed by atoms with Crippen molar-refractivity contribution in [2.75, 3.05) is 19.7 Å². The highest BCUT2D eigenvalue weighted by Gasteiger charge is 2.33. The fourth-order valence-electron chi connectivity index (χ4n) is 2.41. The van der Waals surface area contributed by atoms with Gasteiger partial charge >= 0.3 is 0 Å². The third kappa shape index (κ3) is 4.10. The second kappa shape index (κ2) is 6.92. The molecule has 5 nitrogen and oxygen atoms in total. The lowest BCUT2D eigenvalue weighted by atomic mass is 10.2. The molecule has 2 atom stereocenters. The summed E-state index contributed by atoms with van der Waals surface area (Å²) in [7, 11) is 0. The Balaban J connectivity index is 1.72. The van der Waals surface area contributed by atoms with Gasteiger partial charge in [-0.05, 0) is 37.1 Å². The zero-order chi connectivity index (χ0) is 14.5. The maximum atomic E-state index is 11.3. The van der Waals surface area contributed by atoms with E-state index >= 15 is 0 Å². The second-order valence-electron chi connectivity index (χ2n) is 4.96. The SMILES string of the molecule is NC(=O)[C@H]1C[C@H](O)CN1CCCOc1ccc(Cl)cc1. The van der Waals surface area contributed by atoms with Crippen LogP contribution in [-0.2, 0) is 4.79 Å². The lowest BCUT2D eigenvalue weighted by molar-refractivity contribution is -0.122. The molecule has 1 amide bonds. The van der Waals surface area contributed by atoms with Crippen molar-refractivity contribution < 1.29 is 14.6 Å². The molecule has 0 bridgehead atoms. The number of aliphatic hydroxyl groups excluding tert-OH is 1. The van der Waals surface area contributed by atoms with Gasteiger partial charge in [0.05, 0.1) is 18.8 Å². The van der Waals surface area contributed by atoms with Crippen LogP contribution in [-0.4, -0.2) is 47.8 Å². The topological polar surface area (TPSA) is 75.8 Å². The van der Waals surface area contributed by atoms with Crippen LogP contribution in [0, 0.1) is 0 Å². The highest BCUT2D eigenvalue weighted by atomic mass is 35.5. The number of nitrogens with two attached hydrogens (primary N) is 1. The number of likely N-dealkylation sites (tertiary alicyclic amines) is 1. The van der Waals surface area contributed by atoms with E-state index in [0.717, 1.165) is 12.2 Å². The van der Waals surface area contributed by atoms with Crippen LogP contribution in [0.2, 0.25) is 5.02 Å². The Morgan fingerprint density at radius 1 is 1.45 bits per heavy atom. The number of carbonyl (C=O) groups excluding carboxylic acids is 1. The van der Waals surface area contributed by atoms with Crippen molar-refractivity contribution in [1.29, 1.82) is 0 Å². The molecule has 1 saturated heterocycles. The third-order valence-electron chi connectivity index (χ3n) is 3.38. The molecular formula is C14H19ClN2O3. The van der Waals surface area contributed by atoms with E-state index in [0.29, 0.717) is 31.1 Å². The minimum Gasteiger partial charge on any atom is -0.494 e. The minimum absolute atomic E-state index is 0.361. The van der Waals surface area contributed by atoms with Crippen LogP contribution >= 0.6 is 11.6 Å². The first-order valence-corrected chi connectivity index (χ1v) is 7.04. The molecule has 0 aliphatic carbocycles. The first kappa shape index (κ1) is 15.1. The average Bonchev–Trinajstić information content (AvgIpc) is 2.78. The van der Waals surface area contributed by atoms with Crippen LogP contribution in [0.25, 0.3) is 0 Å². The molecule has 3 N–H and O–H groups in total. The Bertz CT molecular complexity index is 452. The zero-order valence-corrected chi connectivity index (χ0v) is 11.9. The van der Waals surface area contributed by atoms with Crippen LogP contribution in [0.4, 0.5) is 0 Å². The van der Waals surface area contributed by atoms with Gasteiger partial charge in [0, 0.05) is 18.1 Å². The molecule has 0 unspecified atom stereocenters. The number of aliphatic hydroxyl groups is 1. The van der Waals surface area contributed by atoms with Gasteiger partial charge in [0.2, 0.25) is 5.91 Å². The van der Waals surface area contributed by atoms with Gasteiger partial charge in [-0.1, -0.05) is 11.6 Å². The number of rotatable bonds is 6. The number of primary amides is 1. The van der Waals surface area contributed by atoms with Crippen molar-refractivity contribution in [2.24, 2.45) is 5.73 Å². The molecule has 1 heterocycles. The monoisotopic (exact) mass is 298 g/mol. The minimum atomic E-state index is -0.468. The molecule has 1 aliphatic heterocycles. The van der Waals surface area contributed by atoms with Crippen LogP contribution in [0.3, 0.4) is 0 Å². The fraction of sp³-hybridized carbons (Fsp3) is 0.500. The van der Waals surface area contributed by atoms with Crippen molar-refractivity contribution in [3.8, 4) is 5.75 Å². The normalized spacial score (nSPS) is 22.9. The van der Waals surface area contributed by atoms with Gasteiger partial charge in [-0.3, -0.25) is 9.69 Å². The Labute approximate surface area is 123 Å². The molecule has 0 spiro atoms. The predicted octanol–water partition coefficient (Wildman–Crippen LogP) is 1.03. The van der Waals surface area contributed by atoms with E-state index in [1.54, 1.807) is 12.1 Å². The molecule has 0 saturated carbocycles. The van der Waals surface area contributed by atoms with Crippen molar-refractivity contribution in [1.82, 2.24) is 4.90 Å². The first-order valence-electron chi connectivity index (χ1n) is 6.66. The van der Waals surface area contributed by atoms with E-state index < -0.39 is 6.10 Å². The molecule has 1 aliphatic rings. The fourth-order valence-corrected chi connectivity index (χ4v) is 2.54. The van der Waals surface area contributed by atoms with Crippen LogP contribution in [0.15, 0.2) is 24.3 Å². The summed E-state index contributed by atoms with van der Waals surface area (Å²) >= 11 is 5.79. The lowest BCUT2D eigenvalue weighted by Crippen LogP contribution is -2.41. The summed E-state index contributed by atoms with van der Waals surface area (Å²) < 4.78 is 5.58. The molecule has 1 aromatic carbocycles. The molecular weight excluding hydrogens is 280 g/mol. The summed E-state index contributed by atoms with van der Waals surface area (Å²) in [4.78, 5) is 13.2. The number of carbonyl (C=O) groups is 1. The van der Waals surface area contributed by atoms with Crippen LogP contribution in [0.5, 0.6) is 5.75 Å².